The molecule has 0 saturated carbocycles. The van der Waals surface area contributed by atoms with E-state index < -0.39 is 0 Å². The first-order valence-electron chi connectivity index (χ1n) is 6.42. The molecule has 0 bridgehead atoms. The number of para-hydroxylation sites is 1. The highest BCUT2D eigenvalue weighted by atomic mass is 16.2. The van der Waals surface area contributed by atoms with Gasteiger partial charge in [0.25, 0.3) is 5.91 Å². The van der Waals surface area contributed by atoms with E-state index in [-0.39, 0.29) is 5.91 Å². The molecule has 20 heavy (non-hydrogen) atoms. The Labute approximate surface area is 117 Å². The maximum Gasteiger partial charge on any atom is 0.259 e. The van der Waals surface area contributed by atoms with Crippen molar-refractivity contribution in [2.24, 2.45) is 0 Å². The van der Waals surface area contributed by atoms with Gasteiger partial charge in [-0.2, -0.15) is 0 Å². The smallest absolute Gasteiger partial charge is 0.259 e. The van der Waals surface area contributed by atoms with E-state index in [0.717, 1.165) is 29.2 Å². The summed E-state index contributed by atoms with van der Waals surface area (Å²) in [6.07, 6.45) is 2.32. The third-order valence-corrected chi connectivity index (χ3v) is 3.36. The van der Waals surface area contributed by atoms with E-state index in [0.29, 0.717) is 5.56 Å². The fraction of sp³-hybridized carbons (Fsp3) is 0.125. The molecule has 1 aromatic carbocycles. The topological polar surface area (TPSA) is 45.2 Å². The van der Waals surface area contributed by atoms with Crippen LogP contribution in [0.25, 0.3) is 0 Å². The number of nitrogens with one attached hydrogen (secondary N) is 1. The van der Waals surface area contributed by atoms with E-state index in [1.54, 1.807) is 18.1 Å². The van der Waals surface area contributed by atoms with Crippen LogP contribution in [-0.4, -0.2) is 17.9 Å². The SMILES string of the molecule is C=C1Cc2cc(C(=O)N(C)c3ccccc3)cnc2N1. The number of carbonyl (C=O) groups is 1. The number of rotatable bonds is 2. The van der Waals surface area contributed by atoms with Crippen molar-refractivity contribution in [3.8, 4) is 0 Å². The summed E-state index contributed by atoms with van der Waals surface area (Å²) in [4.78, 5) is 18.4. The van der Waals surface area contributed by atoms with E-state index in [9.17, 15) is 4.79 Å². The number of aromatic nitrogens is 1. The predicted molar refractivity (Wildman–Crippen MR) is 79.9 cm³/mol. The summed E-state index contributed by atoms with van der Waals surface area (Å²) in [6, 6.07) is 11.4. The largest absolute Gasteiger partial charge is 0.344 e. The van der Waals surface area contributed by atoms with Crippen LogP contribution < -0.4 is 10.2 Å². The molecule has 4 nitrogen and oxygen atoms in total. The van der Waals surface area contributed by atoms with Crippen LogP contribution in [0.2, 0.25) is 0 Å². The van der Waals surface area contributed by atoms with Crippen molar-refractivity contribution >= 4 is 17.4 Å². The van der Waals surface area contributed by atoms with Gasteiger partial charge in [-0.25, -0.2) is 4.98 Å². The van der Waals surface area contributed by atoms with Gasteiger partial charge in [0, 0.05) is 36.6 Å². The standard InChI is InChI=1S/C16H15N3O/c1-11-8-12-9-13(10-17-15(12)18-11)16(20)19(2)14-6-4-3-5-7-14/h3-7,9-10H,1,8H2,2H3,(H,17,18). The summed E-state index contributed by atoms with van der Waals surface area (Å²) < 4.78 is 0. The maximum atomic E-state index is 12.5. The number of anilines is 2. The van der Waals surface area contributed by atoms with Crippen molar-refractivity contribution < 1.29 is 4.79 Å². The third kappa shape index (κ3) is 2.16. The second-order valence-corrected chi connectivity index (χ2v) is 4.84. The lowest BCUT2D eigenvalue weighted by molar-refractivity contribution is 0.0992. The van der Waals surface area contributed by atoms with Crippen LogP contribution in [0.15, 0.2) is 54.9 Å². The molecular formula is C16H15N3O. The summed E-state index contributed by atoms with van der Waals surface area (Å²) in [6.45, 7) is 3.88. The molecule has 100 valence electrons. The number of hydrogen-bond donors (Lipinski definition) is 1. The molecule has 3 rings (SSSR count). The second kappa shape index (κ2) is 4.81. The Bertz CT molecular complexity index is 679. The number of fused-ring (bicyclic) bond motifs is 1. The fourth-order valence-corrected chi connectivity index (χ4v) is 2.28. The molecule has 0 saturated heterocycles. The van der Waals surface area contributed by atoms with Crippen LogP contribution >= 0.6 is 0 Å². The number of allylic oxidation sites excluding steroid dienone is 1. The van der Waals surface area contributed by atoms with Crippen molar-refractivity contribution in [2.75, 3.05) is 17.3 Å². The molecule has 1 aliphatic heterocycles. The molecule has 0 radical (unpaired) electrons. The number of nitrogens with zero attached hydrogens (tertiary/aromatic N) is 2. The Morgan fingerprint density at radius 3 is 2.85 bits per heavy atom. The lowest BCUT2D eigenvalue weighted by Gasteiger charge is -2.17. The second-order valence-electron chi connectivity index (χ2n) is 4.84. The normalized spacial score (nSPS) is 12.8. The number of pyridine rings is 1. The molecule has 1 aliphatic rings. The highest BCUT2D eigenvalue weighted by Gasteiger charge is 2.19. The highest BCUT2D eigenvalue weighted by molar-refractivity contribution is 6.05. The van der Waals surface area contributed by atoms with E-state index in [1.807, 2.05) is 36.4 Å². The average Bonchev–Trinajstić information content (AvgIpc) is 2.85. The Morgan fingerprint density at radius 2 is 2.10 bits per heavy atom. The van der Waals surface area contributed by atoms with Crippen LogP contribution in [-0.2, 0) is 6.42 Å². The van der Waals surface area contributed by atoms with Crippen LogP contribution in [0.1, 0.15) is 15.9 Å². The van der Waals surface area contributed by atoms with E-state index >= 15 is 0 Å². The van der Waals surface area contributed by atoms with Gasteiger partial charge < -0.3 is 10.2 Å². The monoisotopic (exact) mass is 265 g/mol. The number of hydrogen-bond acceptors (Lipinski definition) is 3. The Hall–Kier alpha value is -2.62. The van der Waals surface area contributed by atoms with Crippen LogP contribution in [0.4, 0.5) is 11.5 Å². The molecule has 1 aromatic heterocycles. The van der Waals surface area contributed by atoms with Gasteiger partial charge in [-0.05, 0) is 18.2 Å². The zero-order valence-corrected chi connectivity index (χ0v) is 11.3. The van der Waals surface area contributed by atoms with Gasteiger partial charge in [0.1, 0.15) is 5.82 Å². The number of carbonyl (C=O) groups excluding carboxylic acids is 1. The van der Waals surface area contributed by atoms with Crippen molar-refractivity contribution in [2.45, 2.75) is 6.42 Å². The predicted octanol–water partition coefficient (Wildman–Crippen LogP) is 2.84. The Morgan fingerprint density at radius 1 is 1.35 bits per heavy atom. The first kappa shape index (κ1) is 12.4. The molecule has 4 heteroatoms. The molecule has 2 aromatic rings. The highest BCUT2D eigenvalue weighted by Crippen LogP contribution is 2.26. The minimum absolute atomic E-state index is 0.0657. The minimum atomic E-state index is -0.0657. The summed E-state index contributed by atoms with van der Waals surface area (Å²) in [7, 11) is 1.77. The zero-order valence-electron chi connectivity index (χ0n) is 11.3. The van der Waals surface area contributed by atoms with Crippen molar-refractivity contribution in [1.29, 1.82) is 0 Å². The molecule has 0 spiro atoms. The van der Waals surface area contributed by atoms with Crippen molar-refractivity contribution in [3.05, 3.63) is 66.0 Å². The summed E-state index contributed by atoms with van der Waals surface area (Å²) in [5.74, 6) is 0.734. The van der Waals surface area contributed by atoms with Gasteiger partial charge in [0.15, 0.2) is 0 Å². The lowest BCUT2D eigenvalue weighted by atomic mass is 10.1. The van der Waals surface area contributed by atoms with Crippen LogP contribution in [0.5, 0.6) is 0 Å². The van der Waals surface area contributed by atoms with E-state index in [4.69, 9.17) is 0 Å². The molecule has 1 amide bonds. The fourth-order valence-electron chi connectivity index (χ4n) is 2.28. The molecule has 0 unspecified atom stereocenters. The van der Waals surface area contributed by atoms with Gasteiger partial charge in [-0.1, -0.05) is 24.8 Å². The first-order chi connectivity index (χ1) is 9.65. The van der Waals surface area contributed by atoms with Gasteiger partial charge in [-0.3, -0.25) is 4.79 Å². The van der Waals surface area contributed by atoms with Gasteiger partial charge in [0.2, 0.25) is 0 Å². The molecule has 2 heterocycles. The maximum absolute atomic E-state index is 12.5. The van der Waals surface area contributed by atoms with E-state index in [1.165, 1.54) is 0 Å². The lowest BCUT2D eigenvalue weighted by Crippen LogP contribution is -2.26. The number of benzene rings is 1. The van der Waals surface area contributed by atoms with Gasteiger partial charge >= 0.3 is 0 Å². The summed E-state index contributed by atoms with van der Waals surface area (Å²) in [5.41, 5.74) is 3.38. The number of amides is 1. The first-order valence-corrected chi connectivity index (χ1v) is 6.42. The van der Waals surface area contributed by atoms with Gasteiger partial charge in [-0.15, -0.1) is 0 Å². The van der Waals surface area contributed by atoms with Crippen molar-refractivity contribution in [1.82, 2.24) is 4.98 Å². The van der Waals surface area contributed by atoms with Crippen LogP contribution in [0.3, 0.4) is 0 Å². The third-order valence-electron chi connectivity index (χ3n) is 3.36. The van der Waals surface area contributed by atoms with Gasteiger partial charge in [0.05, 0.1) is 5.56 Å². The molecule has 1 N–H and O–H groups in total. The quantitative estimate of drug-likeness (QED) is 0.908. The summed E-state index contributed by atoms with van der Waals surface area (Å²) in [5, 5.41) is 3.09. The molecule has 0 atom stereocenters. The Balaban J connectivity index is 1.88. The minimum Gasteiger partial charge on any atom is -0.344 e. The van der Waals surface area contributed by atoms with E-state index in [2.05, 4.69) is 16.9 Å². The molecule has 0 aliphatic carbocycles. The zero-order chi connectivity index (χ0) is 14.1. The summed E-state index contributed by atoms with van der Waals surface area (Å²) >= 11 is 0. The molecular weight excluding hydrogens is 250 g/mol. The van der Waals surface area contributed by atoms with Crippen LogP contribution in [0, 0.1) is 0 Å². The molecule has 0 fully saturated rings. The van der Waals surface area contributed by atoms with Crippen molar-refractivity contribution in [3.63, 3.8) is 0 Å². The Kier molecular flexibility index (Phi) is 2.99. The average molecular weight is 265 g/mol.